The van der Waals surface area contributed by atoms with Crippen LogP contribution < -0.4 is 0 Å². The average molecular weight is 151 g/mol. The Morgan fingerprint density at radius 1 is 1.55 bits per heavy atom. The van der Waals surface area contributed by atoms with Crippen LogP contribution in [0.3, 0.4) is 0 Å². The number of rotatable bonds is 2. The predicted molar refractivity (Wildman–Crippen MR) is 47.5 cm³/mol. The van der Waals surface area contributed by atoms with Crippen molar-refractivity contribution < 1.29 is 0 Å². The highest BCUT2D eigenvalue weighted by Crippen LogP contribution is 2.30. The number of nitrogens with zero attached hydrogens (tertiary/aromatic N) is 1. The lowest BCUT2D eigenvalue weighted by Gasteiger charge is -2.24. The van der Waals surface area contributed by atoms with Gasteiger partial charge in [-0.25, -0.2) is 0 Å². The summed E-state index contributed by atoms with van der Waals surface area (Å²) in [4.78, 5) is 2.59. The first-order chi connectivity index (χ1) is 5.34. The molecule has 0 spiro atoms. The van der Waals surface area contributed by atoms with Gasteiger partial charge in [-0.15, -0.1) is 0 Å². The van der Waals surface area contributed by atoms with Gasteiger partial charge in [-0.3, -0.25) is 4.90 Å². The Bertz CT molecular complexity index is 168. The third-order valence-electron chi connectivity index (χ3n) is 2.73. The fourth-order valence-electron chi connectivity index (χ4n) is 1.64. The van der Waals surface area contributed by atoms with Crippen molar-refractivity contribution >= 4 is 0 Å². The molecule has 1 fully saturated rings. The lowest BCUT2D eigenvalue weighted by molar-refractivity contribution is 0.282. The van der Waals surface area contributed by atoms with Crippen molar-refractivity contribution in [3.8, 4) is 0 Å². The van der Waals surface area contributed by atoms with Crippen LogP contribution in [0.15, 0.2) is 11.6 Å². The maximum absolute atomic E-state index is 2.59. The predicted octanol–water partition coefficient (Wildman–Crippen LogP) is 2.05. The first-order valence-electron chi connectivity index (χ1n) is 4.72. The van der Waals surface area contributed by atoms with Crippen LogP contribution in [-0.4, -0.2) is 24.5 Å². The molecule has 1 nitrogen and oxygen atoms in total. The first kappa shape index (κ1) is 7.35. The molecule has 1 aliphatic carbocycles. The summed E-state index contributed by atoms with van der Waals surface area (Å²) in [5, 5.41) is 0. The molecular formula is C10H17N. The average Bonchev–Trinajstić information content (AvgIpc) is 2.78. The van der Waals surface area contributed by atoms with Gasteiger partial charge in [0.05, 0.1) is 0 Å². The molecule has 0 saturated heterocycles. The van der Waals surface area contributed by atoms with Crippen LogP contribution in [-0.2, 0) is 0 Å². The Balaban J connectivity index is 1.78. The van der Waals surface area contributed by atoms with Gasteiger partial charge in [-0.1, -0.05) is 11.6 Å². The number of hydrogen-bond acceptors (Lipinski definition) is 1. The van der Waals surface area contributed by atoms with E-state index in [0.717, 1.165) is 5.92 Å². The van der Waals surface area contributed by atoms with Crippen LogP contribution in [0.2, 0.25) is 0 Å². The molecule has 0 N–H and O–H groups in total. The normalized spacial score (nSPS) is 26.8. The summed E-state index contributed by atoms with van der Waals surface area (Å²) in [5.74, 6) is 1.06. The van der Waals surface area contributed by atoms with E-state index in [1.807, 2.05) is 0 Å². The van der Waals surface area contributed by atoms with Gasteiger partial charge in [-0.05, 0) is 32.1 Å². The minimum atomic E-state index is 1.06. The fraction of sp³-hybridized carbons (Fsp3) is 0.800. The molecule has 11 heavy (non-hydrogen) atoms. The molecule has 1 heterocycles. The van der Waals surface area contributed by atoms with Gasteiger partial charge < -0.3 is 0 Å². The molecular weight excluding hydrogens is 134 g/mol. The Morgan fingerprint density at radius 3 is 2.91 bits per heavy atom. The molecule has 1 heteroatoms. The van der Waals surface area contributed by atoms with E-state index in [1.54, 1.807) is 5.57 Å². The highest BCUT2D eigenvalue weighted by Gasteiger charge is 2.24. The minimum absolute atomic E-state index is 1.06. The maximum atomic E-state index is 2.59. The third kappa shape index (κ3) is 2.06. The standard InChI is InChI=1S/C10H17N/c1-9-4-6-11(7-5-9)8-10-2-3-10/h4,10H,2-3,5-8H2,1H3. The SMILES string of the molecule is CC1=CCN(CC2CC2)CC1. The van der Waals surface area contributed by atoms with Crippen LogP contribution in [0.25, 0.3) is 0 Å². The molecule has 0 atom stereocenters. The summed E-state index contributed by atoms with van der Waals surface area (Å²) in [6, 6.07) is 0. The molecule has 1 aliphatic heterocycles. The van der Waals surface area contributed by atoms with E-state index in [-0.39, 0.29) is 0 Å². The van der Waals surface area contributed by atoms with E-state index in [1.165, 1.54) is 38.9 Å². The van der Waals surface area contributed by atoms with Crippen molar-refractivity contribution in [1.29, 1.82) is 0 Å². The van der Waals surface area contributed by atoms with E-state index in [0.29, 0.717) is 0 Å². The lowest BCUT2D eigenvalue weighted by Crippen LogP contribution is -2.30. The van der Waals surface area contributed by atoms with E-state index in [2.05, 4.69) is 17.9 Å². The van der Waals surface area contributed by atoms with Crippen molar-refractivity contribution in [3.05, 3.63) is 11.6 Å². The monoisotopic (exact) mass is 151 g/mol. The fourth-order valence-corrected chi connectivity index (χ4v) is 1.64. The van der Waals surface area contributed by atoms with Crippen LogP contribution in [0.1, 0.15) is 26.2 Å². The van der Waals surface area contributed by atoms with Gasteiger partial charge in [0, 0.05) is 19.6 Å². The van der Waals surface area contributed by atoms with Crippen molar-refractivity contribution in [2.45, 2.75) is 26.2 Å². The van der Waals surface area contributed by atoms with Crippen molar-refractivity contribution in [1.82, 2.24) is 4.90 Å². The van der Waals surface area contributed by atoms with Crippen LogP contribution >= 0.6 is 0 Å². The largest absolute Gasteiger partial charge is 0.299 e. The van der Waals surface area contributed by atoms with E-state index >= 15 is 0 Å². The van der Waals surface area contributed by atoms with Crippen molar-refractivity contribution in [2.75, 3.05) is 19.6 Å². The van der Waals surface area contributed by atoms with Gasteiger partial charge in [0.1, 0.15) is 0 Å². The third-order valence-corrected chi connectivity index (χ3v) is 2.73. The minimum Gasteiger partial charge on any atom is -0.299 e. The second-order valence-corrected chi connectivity index (χ2v) is 4.00. The van der Waals surface area contributed by atoms with E-state index in [9.17, 15) is 0 Å². The van der Waals surface area contributed by atoms with Gasteiger partial charge in [0.25, 0.3) is 0 Å². The smallest absolute Gasteiger partial charge is 0.0165 e. The summed E-state index contributed by atoms with van der Waals surface area (Å²) >= 11 is 0. The molecule has 62 valence electrons. The van der Waals surface area contributed by atoms with Crippen molar-refractivity contribution in [3.63, 3.8) is 0 Å². The molecule has 0 aromatic heterocycles. The first-order valence-corrected chi connectivity index (χ1v) is 4.72. The summed E-state index contributed by atoms with van der Waals surface area (Å²) in [6.45, 7) is 6.12. The summed E-state index contributed by atoms with van der Waals surface area (Å²) in [5.41, 5.74) is 1.58. The quantitative estimate of drug-likeness (QED) is 0.546. The molecule has 0 aromatic carbocycles. The maximum Gasteiger partial charge on any atom is 0.0165 e. The van der Waals surface area contributed by atoms with Crippen LogP contribution in [0.4, 0.5) is 0 Å². The molecule has 0 radical (unpaired) electrons. The van der Waals surface area contributed by atoms with Gasteiger partial charge in [-0.2, -0.15) is 0 Å². The zero-order valence-electron chi connectivity index (χ0n) is 7.34. The number of hydrogen-bond donors (Lipinski definition) is 0. The Labute approximate surface area is 69.1 Å². The molecule has 0 unspecified atom stereocenters. The zero-order chi connectivity index (χ0) is 7.68. The molecule has 0 amide bonds. The van der Waals surface area contributed by atoms with Gasteiger partial charge in [0.2, 0.25) is 0 Å². The Hall–Kier alpha value is -0.300. The topological polar surface area (TPSA) is 3.24 Å². The molecule has 0 aromatic rings. The molecule has 1 saturated carbocycles. The van der Waals surface area contributed by atoms with Gasteiger partial charge >= 0.3 is 0 Å². The van der Waals surface area contributed by atoms with Crippen molar-refractivity contribution in [2.24, 2.45) is 5.92 Å². The summed E-state index contributed by atoms with van der Waals surface area (Å²) in [6.07, 6.45) is 6.65. The van der Waals surface area contributed by atoms with Crippen LogP contribution in [0.5, 0.6) is 0 Å². The van der Waals surface area contributed by atoms with Gasteiger partial charge in [0.15, 0.2) is 0 Å². The highest BCUT2D eigenvalue weighted by atomic mass is 15.1. The second kappa shape index (κ2) is 2.98. The molecule has 0 bridgehead atoms. The Morgan fingerprint density at radius 2 is 2.36 bits per heavy atom. The zero-order valence-corrected chi connectivity index (χ0v) is 7.34. The molecule has 2 aliphatic rings. The molecule has 2 rings (SSSR count). The van der Waals surface area contributed by atoms with E-state index < -0.39 is 0 Å². The second-order valence-electron chi connectivity index (χ2n) is 4.00. The highest BCUT2D eigenvalue weighted by molar-refractivity contribution is 5.04. The van der Waals surface area contributed by atoms with E-state index in [4.69, 9.17) is 0 Å². The Kier molecular flexibility index (Phi) is 1.99. The van der Waals surface area contributed by atoms with Crippen LogP contribution in [0, 0.1) is 5.92 Å². The lowest BCUT2D eigenvalue weighted by atomic mass is 10.1. The summed E-state index contributed by atoms with van der Waals surface area (Å²) < 4.78 is 0. The summed E-state index contributed by atoms with van der Waals surface area (Å²) in [7, 11) is 0.